The molecule has 0 saturated carbocycles. The minimum absolute atomic E-state index is 1.07. The van der Waals surface area contributed by atoms with Crippen LogP contribution in [0.2, 0.25) is 0 Å². The van der Waals surface area contributed by atoms with Gasteiger partial charge in [0.05, 0.1) is 0 Å². The molecular formula is C22H22. The molecule has 0 amide bonds. The first-order valence-electron chi connectivity index (χ1n) is 8.17. The van der Waals surface area contributed by atoms with Gasteiger partial charge in [0.2, 0.25) is 0 Å². The van der Waals surface area contributed by atoms with Crippen LogP contribution in [0.4, 0.5) is 0 Å². The summed E-state index contributed by atoms with van der Waals surface area (Å²) >= 11 is 0. The quantitative estimate of drug-likeness (QED) is 0.527. The van der Waals surface area contributed by atoms with Gasteiger partial charge in [0.25, 0.3) is 0 Å². The molecule has 0 N–H and O–H groups in total. The van der Waals surface area contributed by atoms with Crippen LogP contribution in [0.3, 0.4) is 0 Å². The Morgan fingerprint density at radius 2 is 1.59 bits per heavy atom. The largest absolute Gasteiger partial charge is 0.0801 e. The van der Waals surface area contributed by atoms with E-state index in [1.54, 1.807) is 5.56 Å². The summed E-state index contributed by atoms with van der Waals surface area (Å²) in [4.78, 5) is 0. The first-order chi connectivity index (χ1) is 10.6. The molecule has 2 aromatic carbocycles. The molecule has 0 radical (unpaired) electrons. The zero-order valence-corrected chi connectivity index (χ0v) is 13.9. The van der Waals surface area contributed by atoms with Gasteiger partial charge < -0.3 is 0 Å². The highest BCUT2D eigenvalue weighted by Gasteiger charge is 2.28. The van der Waals surface area contributed by atoms with Gasteiger partial charge in [-0.3, -0.25) is 0 Å². The maximum Gasteiger partial charge on any atom is -0.000709 e. The minimum atomic E-state index is 1.07. The fourth-order valence-electron chi connectivity index (χ4n) is 4.24. The Balaban J connectivity index is 2.08. The van der Waals surface area contributed by atoms with Crippen molar-refractivity contribution in [1.29, 1.82) is 0 Å². The van der Waals surface area contributed by atoms with Gasteiger partial charge in [0.15, 0.2) is 0 Å². The topological polar surface area (TPSA) is 0 Å². The number of hydrogen-bond donors (Lipinski definition) is 0. The number of benzene rings is 2. The van der Waals surface area contributed by atoms with Crippen molar-refractivity contribution in [2.75, 3.05) is 0 Å². The van der Waals surface area contributed by atoms with Crippen LogP contribution in [0, 0.1) is 27.7 Å². The average Bonchev–Trinajstić information content (AvgIpc) is 3.13. The highest BCUT2D eigenvalue weighted by molar-refractivity contribution is 5.90. The third-order valence-corrected chi connectivity index (χ3v) is 5.55. The Labute approximate surface area is 133 Å². The number of aryl methyl sites for hydroxylation is 1. The summed E-state index contributed by atoms with van der Waals surface area (Å²) in [7, 11) is 0. The third-order valence-electron chi connectivity index (χ3n) is 5.55. The molecule has 0 aromatic heterocycles. The fourth-order valence-corrected chi connectivity index (χ4v) is 4.24. The maximum absolute atomic E-state index is 2.30. The monoisotopic (exact) mass is 286 g/mol. The zero-order valence-electron chi connectivity index (χ0n) is 13.9. The molecule has 0 unspecified atom stereocenters. The van der Waals surface area contributed by atoms with Gasteiger partial charge in [0, 0.05) is 0 Å². The van der Waals surface area contributed by atoms with Crippen molar-refractivity contribution in [2.45, 2.75) is 40.5 Å². The van der Waals surface area contributed by atoms with Crippen LogP contribution in [0.15, 0.2) is 36.4 Å². The van der Waals surface area contributed by atoms with Crippen molar-refractivity contribution in [3.63, 3.8) is 0 Å². The van der Waals surface area contributed by atoms with E-state index in [-0.39, 0.29) is 0 Å². The molecule has 4 rings (SSSR count). The first kappa shape index (κ1) is 13.6. The number of rotatable bonds is 1. The lowest BCUT2D eigenvalue weighted by molar-refractivity contribution is 1.17. The molecule has 0 fully saturated rings. The minimum Gasteiger partial charge on any atom is -0.0801 e. The van der Waals surface area contributed by atoms with Crippen LogP contribution in [0.5, 0.6) is 0 Å². The smallest absolute Gasteiger partial charge is 0.000709 e. The van der Waals surface area contributed by atoms with Gasteiger partial charge in [-0.15, -0.1) is 0 Å². The second kappa shape index (κ2) is 4.71. The van der Waals surface area contributed by atoms with Crippen molar-refractivity contribution in [1.82, 2.24) is 0 Å². The van der Waals surface area contributed by atoms with E-state index < -0.39 is 0 Å². The molecule has 110 valence electrons. The molecule has 2 aliphatic carbocycles. The molecule has 0 heterocycles. The summed E-state index contributed by atoms with van der Waals surface area (Å²) in [5.74, 6) is 0. The lowest BCUT2D eigenvalue weighted by Gasteiger charge is -2.20. The fraction of sp³-hybridized carbons (Fsp3) is 0.273. The van der Waals surface area contributed by atoms with E-state index in [1.165, 1.54) is 50.1 Å². The molecule has 22 heavy (non-hydrogen) atoms. The van der Waals surface area contributed by atoms with E-state index in [4.69, 9.17) is 0 Å². The van der Waals surface area contributed by atoms with Crippen LogP contribution >= 0.6 is 0 Å². The van der Waals surface area contributed by atoms with Crippen molar-refractivity contribution < 1.29 is 0 Å². The van der Waals surface area contributed by atoms with E-state index in [0.29, 0.717) is 0 Å². The van der Waals surface area contributed by atoms with Gasteiger partial charge in [-0.2, -0.15) is 0 Å². The Bertz CT molecular complexity index is 860. The molecule has 2 aromatic rings. The number of fused-ring (bicyclic) bond motifs is 3. The molecule has 0 heteroatoms. The Morgan fingerprint density at radius 1 is 0.818 bits per heavy atom. The van der Waals surface area contributed by atoms with E-state index in [9.17, 15) is 0 Å². The van der Waals surface area contributed by atoms with E-state index in [1.807, 2.05) is 0 Å². The van der Waals surface area contributed by atoms with Crippen LogP contribution in [0.1, 0.15) is 45.4 Å². The summed E-state index contributed by atoms with van der Waals surface area (Å²) in [5, 5.41) is 0. The van der Waals surface area contributed by atoms with E-state index in [0.717, 1.165) is 12.8 Å². The van der Waals surface area contributed by atoms with Crippen LogP contribution in [0.25, 0.3) is 16.7 Å². The van der Waals surface area contributed by atoms with Gasteiger partial charge in [0.1, 0.15) is 0 Å². The van der Waals surface area contributed by atoms with Gasteiger partial charge in [-0.25, -0.2) is 0 Å². The highest BCUT2D eigenvalue weighted by atomic mass is 14.3. The summed E-state index contributed by atoms with van der Waals surface area (Å²) in [5.41, 5.74) is 14.9. The predicted octanol–water partition coefficient (Wildman–Crippen LogP) is 5.83. The van der Waals surface area contributed by atoms with Crippen molar-refractivity contribution >= 4 is 5.57 Å². The normalized spacial score (nSPS) is 15.0. The van der Waals surface area contributed by atoms with Crippen molar-refractivity contribution in [3.05, 3.63) is 75.4 Å². The Morgan fingerprint density at radius 3 is 2.32 bits per heavy atom. The lowest BCUT2D eigenvalue weighted by Crippen LogP contribution is -2.01. The summed E-state index contributed by atoms with van der Waals surface area (Å²) in [6.45, 7) is 9.13. The van der Waals surface area contributed by atoms with Gasteiger partial charge in [-0.1, -0.05) is 36.4 Å². The van der Waals surface area contributed by atoms with E-state index in [2.05, 4.69) is 64.1 Å². The molecule has 0 aliphatic heterocycles. The summed E-state index contributed by atoms with van der Waals surface area (Å²) in [6, 6.07) is 6.75. The molecule has 2 aliphatic rings. The van der Waals surface area contributed by atoms with Crippen LogP contribution in [-0.4, -0.2) is 0 Å². The molecule has 0 bridgehead atoms. The maximum atomic E-state index is 2.30. The second-order valence-electron chi connectivity index (χ2n) is 6.71. The molecule has 0 spiro atoms. The van der Waals surface area contributed by atoms with Crippen molar-refractivity contribution in [3.8, 4) is 11.1 Å². The molecule has 0 saturated heterocycles. The molecule has 0 nitrogen and oxygen atoms in total. The third kappa shape index (κ3) is 1.70. The Hall–Kier alpha value is -2.08. The molecule has 0 atom stereocenters. The van der Waals surface area contributed by atoms with Gasteiger partial charge >= 0.3 is 0 Å². The zero-order chi connectivity index (χ0) is 15.4. The van der Waals surface area contributed by atoms with E-state index >= 15 is 0 Å². The van der Waals surface area contributed by atoms with Crippen LogP contribution < -0.4 is 0 Å². The summed E-state index contributed by atoms with van der Waals surface area (Å²) in [6.07, 6.45) is 8.92. The Kier molecular flexibility index (Phi) is 2.91. The number of allylic oxidation sites excluding steroid dienone is 4. The summed E-state index contributed by atoms with van der Waals surface area (Å²) < 4.78 is 0. The average molecular weight is 286 g/mol. The lowest BCUT2D eigenvalue weighted by atomic mass is 9.84. The van der Waals surface area contributed by atoms with Crippen molar-refractivity contribution in [2.24, 2.45) is 0 Å². The highest BCUT2D eigenvalue weighted by Crippen LogP contribution is 2.47. The second-order valence-corrected chi connectivity index (χ2v) is 6.71. The van der Waals surface area contributed by atoms with Crippen LogP contribution in [-0.2, 0) is 6.42 Å². The molecular weight excluding hydrogens is 264 g/mol. The first-order valence-corrected chi connectivity index (χ1v) is 8.17. The van der Waals surface area contributed by atoms with Gasteiger partial charge in [-0.05, 0) is 96.2 Å². The predicted molar refractivity (Wildman–Crippen MR) is 95.4 cm³/mol. The standard InChI is InChI=1S/C22H22/c1-13-8-7-11-18-12-19-21(17-9-5-6-10-17)15(3)14(2)16(4)22(19)20(13)18/h5-9,11H,10,12H2,1-4H3. The SMILES string of the molecule is Cc1cccc2c1-c1c(C)c(C)c(C)c(C3=CC=CC3)c1C2. The number of hydrogen-bond acceptors (Lipinski definition) is 0.